The van der Waals surface area contributed by atoms with Crippen LogP contribution in [0.3, 0.4) is 0 Å². The van der Waals surface area contributed by atoms with Gasteiger partial charge in [-0.15, -0.1) is 28.6 Å². The summed E-state index contributed by atoms with van der Waals surface area (Å²) in [6.45, 7) is 7.11. The van der Waals surface area contributed by atoms with Crippen LogP contribution in [0.15, 0.2) is 23.1 Å². The molecule has 1 aromatic rings. The number of hydrogen-bond donors (Lipinski definition) is 0. The second kappa shape index (κ2) is 8.72. The van der Waals surface area contributed by atoms with Crippen LogP contribution in [0.25, 0.3) is 0 Å². The topological polar surface area (TPSA) is 57.0 Å². The number of esters is 1. The summed E-state index contributed by atoms with van der Waals surface area (Å²) in [5.74, 6) is 0.338. The third-order valence-corrected chi connectivity index (χ3v) is 6.20. The minimum atomic E-state index is -4.41. The summed E-state index contributed by atoms with van der Waals surface area (Å²) in [7, 11) is 0. The summed E-state index contributed by atoms with van der Waals surface area (Å²) < 4.78 is 45.7. The maximum Gasteiger partial charge on any atom is 0.410 e. The molecule has 27 heavy (non-hydrogen) atoms. The number of ether oxygens (including phenoxy) is 1. The summed E-state index contributed by atoms with van der Waals surface area (Å²) >= 11 is 2.16. The van der Waals surface area contributed by atoms with Crippen LogP contribution >= 0.6 is 23.5 Å². The van der Waals surface area contributed by atoms with Crippen LogP contribution in [-0.4, -0.2) is 50.0 Å². The SMILES string of the molecule is CCOC(=O)c1nnn(C2C=CC(SCC)(C(F)(F)F)C=C2SCC)c1C. The highest BCUT2D eigenvalue weighted by Gasteiger charge is 2.53. The molecule has 10 heteroatoms. The first-order chi connectivity index (χ1) is 12.7. The second-order valence-corrected chi connectivity index (χ2v) is 8.58. The van der Waals surface area contributed by atoms with Crippen molar-refractivity contribution < 1.29 is 22.7 Å². The Balaban J connectivity index is 2.46. The van der Waals surface area contributed by atoms with Crippen molar-refractivity contribution in [3.8, 4) is 0 Å². The highest BCUT2D eigenvalue weighted by atomic mass is 32.2. The number of alkyl halides is 3. The number of thioether (sulfide) groups is 2. The van der Waals surface area contributed by atoms with Crippen LogP contribution in [0.2, 0.25) is 0 Å². The van der Waals surface area contributed by atoms with Crippen LogP contribution in [0.5, 0.6) is 0 Å². The predicted octanol–water partition coefficient (Wildman–Crippen LogP) is 4.57. The molecule has 0 fully saturated rings. The third-order valence-electron chi connectivity index (χ3n) is 3.97. The van der Waals surface area contributed by atoms with Crippen LogP contribution in [-0.2, 0) is 4.74 Å². The van der Waals surface area contributed by atoms with Crippen molar-refractivity contribution in [3.63, 3.8) is 0 Å². The quantitative estimate of drug-likeness (QED) is 0.475. The average Bonchev–Trinajstić information content (AvgIpc) is 2.96. The third kappa shape index (κ3) is 4.37. The van der Waals surface area contributed by atoms with Gasteiger partial charge < -0.3 is 4.74 Å². The molecule has 2 rings (SSSR count). The Kier molecular flexibility index (Phi) is 7.07. The van der Waals surface area contributed by atoms with Gasteiger partial charge in [-0.05, 0) is 31.4 Å². The van der Waals surface area contributed by atoms with Crippen molar-refractivity contribution >= 4 is 29.5 Å². The minimum absolute atomic E-state index is 0.0710. The van der Waals surface area contributed by atoms with E-state index in [1.165, 1.54) is 34.7 Å². The van der Waals surface area contributed by atoms with Crippen LogP contribution in [0.4, 0.5) is 13.2 Å². The molecule has 0 spiro atoms. The van der Waals surface area contributed by atoms with Crippen LogP contribution in [0, 0.1) is 6.92 Å². The lowest BCUT2D eigenvalue weighted by atomic mass is 9.98. The van der Waals surface area contributed by atoms with E-state index >= 15 is 0 Å². The Morgan fingerprint density at radius 2 is 2.04 bits per heavy atom. The van der Waals surface area contributed by atoms with Crippen molar-refractivity contribution in [3.05, 3.63) is 34.5 Å². The van der Waals surface area contributed by atoms with Gasteiger partial charge in [0, 0.05) is 4.91 Å². The molecule has 0 radical (unpaired) electrons. The molecule has 0 aliphatic heterocycles. The van der Waals surface area contributed by atoms with Gasteiger partial charge in [0.05, 0.1) is 12.3 Å². The van der Waals surface area contributed by atoms with E-state index in [9.17, 15) is 18.0 Å². The molecular weight excluding hydrogens is 399 g/mol. The normalized spacial score (nSPS) is 22.6. The van der Waals surface area contributed by atoms with Gasteiger partial charge >= 0.3 is 12.1 Å². The molecule has 0 saturated heterocycles. The van der Waals surface area contributed by atoms with Gasteiger partial charge in [0.15, 0.2) is 5.69 Å². The lowest BCUT2D eigenvalue weighted by Crippen LogP contribution is -2.41. The molecule has 150 valence electrons. The zero-order valence-electron chi connectivity index (χ0n) is 15.5. The first-order valence-corrected chi connectivity index (χ1v) is 10.5. The van der Waals surface area contributed by atoms with Gasteiger partial charge in [-0.2, -0.15) is 13.2 Å². The Hall–Kier alpha value is -1.42. The molecule has 0 saturated carbocycles. The summed E-state index contributed by atoms with van der Waals surface area (Å²) in [6, 6.07) is -0.543. The molecule has 1 heterocycles. The number of hydrogen-bond acceptors (Lipinski definition) is 6. The van der Waals surface area contributed by atoms with Gasteiger partial charge in [0.2, 0.25) is 0 Å². The molecule has 1 aliphatic carbocycles. The zero-order chi connectivity index (χ0) is 20.2. The van der Waals surface area contributed by atoms with Crippen molar-refractivity contribution in [1.29, 1.82) is 0 Å². The van der Waals surface area contributed by atoms with Crippen LogP contribution < -0.4 is 0 Å². The van der Waals surface area contributed by atoms with Crippen molar-refractivity contribution in [1.82, 2.24) is 15.0 Å². The monoisotopic (exact) mass is 421 g/mol. The number of allylic oxidation sites excluding steroid dienone is 2. The second-order valence-electron chi connectivity index (χ2n) is 5.70. The Labute approximate surface area is 164 Å². The van der Waals surface area contributed by atoms with E-state index in [1.54, 1.807) is 20.8 Å². The number of aromatic nitrogens is 3. The maximum absolute atomic E-state index is 13.8. The van der Waals surface area contributed by atoms with E-state index in [-0.39, 0.29) is 12.3 Å². The first kappa shape index (κ1) is 21.9. The smallest absolute Gasteiger partial charge is 0.410 e. The van der Waals surface area contributed by atoms with E-state index in [2.05, 4.69) is 10.3 Å². The molecule has 1 aromatic heterocycles. The average molecular weight is 422 g/mol. The van der Waals surface area contributed by atoms with Gasteiger partial charge in [0.1, 0.15) is 10.8 Å². The first-order valence-electron chi connectivity index (χ1n) is 8.55. The highest BCUT2D eigenvalue weighted by Crippen LogP contribution is 2.49. The summed E-state index contributed by atoms with van der Waals surface area (Å²) in [5, 5.41) is 7.87. The molecule has 1 aliphatic rings. The number of carbonyl (C=O) groups excluding carboxylic acids is 1. The molecule has 0 aromatic carbocycles. The van der Waals surface area contributed by atoms with E-state index in [1.807, 2.05) is 6.92 Å². The summed E-state index contributed by atoms with van der Waals surface area (Å²) in [4.78, 5) is 12.5. The van der Waals surface area contributed by atoms with E-state index < -0.39 is 22.9 Å². The fraction of sp³-hybridized carbons (Fsp3) is 0.588. The maximum atomic E-state index is 13.8. The van der Waals surface area contributed by atoms with Gasteiger partial charge in [-0.3, -0.25) is 0 Å². The molecule has 0 amide bonds. The lowest BCUT2D eigenvalue weighted by Gasteiger charge is -2.35. The van der Waals surface area contributed by atoms with E-state index in [4.69, 9.17) is 4.74 Å². The molecule has 0 N–H and O–H groups in total. The zero-order valence-corrected chi connectivity index (χ0v) is 17.2. The molecule has 0 bridgehead atoms. The lowest BCUT2D eigenvalue weighted by molar-refractivity contribution is -0.137. The fourth-order valence-corrected chi connectivity index (χ4v) is 4.80. The molecule has 2 atom stereocenters. The Morgan fingerprint density at radius 3 is 2.59 bits per heavy atom. The Bertz CT molecular complexity index is 746. The van der Waals surface area contributed by atoms with Gasteiger partial charge in [-0.25, -0.2) is 9.48 Å². The van der Waals surface area contributed by atoms with E-state index in [0.29, 0.717) is 22.1 Å². The molecular formula is C17H22F3N3O2S2. The van der Waals surface area contributed by atoms with Crippen molar-refractivity contribution in [2.24, 2.45) is 0 Å². The number of nitrogens with zero attached hydrogens (tertiary/aromatic N) is 3. The van der Waals surface area contributed by atoms with Gasteiger partial charge in [-0.1, -0.05) is 31.2 Å². The fourth-order valence-electron chi connectivity index (χ4n) is 2.75. The Morgan fingerprint density at radius 1 is 1.33 bits per heavy atom. The molecule has 5 nitrogen and oxygen atoms in total. The van der Waals surface area contributed by atoms with Crippen molar-refractivity contribution in [2.45, 2.75) is 44.7 Å². The standard InChI is InChI=1S/C17H22F3N3O2S2/c1-5-25-15(24)14-11(4)23(22-21-14)12-8-9-16(27-7-3,17(18,19)20)10-13(12)26-6-2/h8-10,12H,5-7H2,1-4H3. The number of carbonyl (C=O) groups is 1. The summed E-state index contributed by atoms with van der Waals surface area (Å²) in [5.41, 5.74) is 0.523. The highest BCUT2D eigenvalue weighted by molar-refractivity contribution is 8.03. The summed E-state index contributed by atoms with van der Waals surface area (Å²) in [6.07, 6.45) is -0.477. The largest absolute Gasteiger partial charge is 0.461 e. The van der Waals surface area contributed by atoms with Crippen LogP contribution in [0.1, 0.15) is 43.0 Å². The minimum Gasteiger partial charge on any atom is -0.461 e. The molecule has 2 unspecified atom stereocenters. The van der Waals surface area contributed by atoms with E-state index in [0.717, 1.165) is 11.8 Å². The van der Waals surface area contributed by atoms with Gasteiger partial charge in [0.25, 0.3) is 0 Å². The number of halogens is 3. The number of rotatable bonds is 7. The predicted molar refractivity (Wildman–Crippen MR) is 102 cm³/mol. The van der Waals surface area contributed by atoms with Crippen molar-refractivity contribution in [2.75, 3.05) is 18.1 Å².